The molecular weight excluding hydrogens is 490 g/mol. The number of rotatable bonds is 8. The molecule has 2 aliphatic rings. The second-order valence-electron chi connectivity index (χ2n) is 7.88. The number of nitrogens with one attached hydrogen (secondary N) is 2. The number of halogens is 1. The van der Waals surface area contributed by atoms with Crippen molar-refractivity contribution in [3.05, 3.63) is 62.7 Å². The van der Waals surface area contributed by atoms with Crippen LogP contribution in [-0.2, 0) is 23.4 Å². The first-order valence-electron chi connectivity index (χ1n) is 10.4. The van der Waals surface area contributed by atoms with Crippen LogP contribution in [0.15, 0.2) is 45.0 Å². The first kappa shape index (κ1) is 25.1. The predicted octanol–water partition coefficient (Wildman–Crippen LogP) is 0.0720. The molecule has 0 aliphatic carbocycles. The summed E-state index contributed by atoms with van der Waals surface area (Å²) in [6.07, 6.45) is -1.65. The minimum absolute atomic E-state index is 0.178. The minimum Gasteiger partial charge on any atom is -0.468 e. The van der Waals surface area contributed by atoms with Gasteiger partial charge in [-0.15, -0.1) is 0 Å². The third-order valence-corrected chi connectivity index (χ3v) is 6.74. The molecule has 0 spiro atoms. The topological polar surface area (TPSA) is 182 Å². The Morgan fingerprint density at radius 3 is 2.91 bits per heavy atom. The average Bonchev–Trinajstić information content (AvgIpc) is 3.41. The SMILES string of the molecule is COC(=O)[C@@H](NP(=O)(O)OC[C@H]1O[C@@H](n2cc(F)c(=O)[nH]c2=O)C[C@@H]1O)C1C=Nc2ccccc21. The Bertz CT molecular complexity index is 1310. The molecule has 4 rings (SSSR count). The minimum atomic E-state index is -4.65. The summed E-state index contributed by atoms with van der Waals surface area (Å²) >= 11 is 0. The van der Waals surface area contributed by atoms with E-state index in [0.717, 1.165) is 11.7 Å². The first-order chi connectivity index (χ1) is 16.6. The van der Waals surface area contributed by atoms with Gasteiger partial charge in [-0.25, -0.2) is 14.4 Å². The number of carbonyl (C=O) groups excluding carboxylic acids is 1. The van der Waals surface area contributed by atoms with Crippen molar-refractivity contribution in [2.45, 2.75) is 36.8 Å². The predicted molar refractivity (Wildman–Crippen MR) is 118 cm³/mol. The van der Waals surface area contributed by atoms with E-state index in [9.17, 15) is 33.3 Å². The van der Waals surface area contributed by atoms with Crippen molar-refractivity contribution in [3.63, 3.8) is 0 Å². The number of aliphatic hydroxyl groups is 1. The maximum absolute atomic E-state index is 13.6. The van der Waals surface area contributed by atoms with Crippen LogP contribution in [0.4, 0.5) is 10.1 Å². The second-order valence-corrected chi connectivity index (χ2v) is 9.44. The molecule has 0 bridgehead atoms. The molecule has 0 amide bonds. The number of hydrogen-bond donors (Lipinski definition) is 4. The van der Waals surface area contributed by atoms with Crippen LogP contribution in [-0.4, -0.2) is 63.7 Å². The van der Waals surface area contributed by atoms with E-state index in [1.165, 1.54) is 6.21 Å². The fraction of sp³-hybridized carbons (Fsp3) is 0.400. The van der Waals surface area contributed by atoms with Crippen LogP contribution in [0, 0.1) is 5.82 Å². The monoisotopic (exact) mass is 512 g/mol. The summed E-state index contributed by atoms with van der Waals surface area (Å²) in [5, 5.41) is 12.5. The highest BCUT2D eigenvalue weighted by Crippen LogP contribution is 2.43. The Labute approximate surface area is 196 Å². The number of carbonyl (C=O) groups is 1. The largest absolute Gasteiger partial charge is 0.468 e. The number of nitrogens with zero attached hydrogens (tertiary/aromatic N) is 2. The summed E-state index contributed by atoms with van der Waals surface area (Å²) in [4.78, 5) is 51.9. The molecule has 2 unspecified atom stereocenters. The Kier molecular flexibility index (Phi) is 7.12. The van der Waals surface area contributed by atoms with Crippen LogP contribution in [0.25, 0.3) is 0 Å². The number of ether oxygens (including phenoxy) is 2. The summed E-state index contributed by atoms with van der Waals surface area (Å²) in [6.45, 7) is -0.609. The molecule has 13 nitrogen and oxygen atoms in total. The Balaban J connectivity index is 1.43. The molecule has 35 heavy (non-hydrogen) atoms. The Hall–Kier alpha value is -3.00. The number of aromatic nitrogens is 2. The maximum Gasteiger partial charge on any atom is 0.403 e. The fourth-order valence-electron chi connectivity index (χ4n) is 3.90. The van der Waals surface area contributed by atoms with E-state index in [4.69, 9.17) is 14.0 Å². The van der Waals surface area contributed by atoms with Gasteiger partial charge in [-0.05, 0) is 11.6 Å². The number of esters is 1. The second kappa shape index (κ2) is 9.93. The van der Waals surface area contributed by atoms with Crippen molar-refractivity contribution in [2.24, 2.45) is 4.99 Å². The van der Waals surface area contributed by atoms with Crippen LogP contribution < -0.4 is 16.3 Å². The van der Waals surface area contributed by atoms with Gasteiger partial charge in [0, 0.05) is 18.6 Å². The molecule has 2 aliphatic heterocycles. The van der Waals surface area contributed by atoms with Gasteiger partial charge >= 0.3 is 19.4 Å². The van der Waals surface area contributed by atoms with Gasteiger partial charge in [0.25, 0.3) is 5.56 Å². The summed E-state index contributed by atoms with van der Waals surface area (Å²) in [5.41, 5.74) is -0.910. The molecule has 1 aromatic heterocycles. The van der Waals surface area contributed by atoms with Crippen LogP contribution in [0.2, 0.25) is 0 Å². The summed E-state index contributed by atoms with van der Waals surface area (Å²) in [7, 11) is -3.53. The van der Waals surface area contributed by atoms with Crippen molar-refractivity contribution in [2.75, 3.05) is 13.7 Å². The smallest absolute Gasteiger partial charge is 0.403 e. The van der Waals surface area contributed by atoms with Gasteiger partial charge in [0.15, 0.2) is 0 Å². The molecule has 6 atom stereocenters. The fourth-order valence-corrected chi connectivity index (χ4v) is 4.94. The third-order valence-electron chi connectivity index (χ3n) is 5.64. The van der Waals surface area contributed by atoms with Gasteiger partial charge in [-0.3, -0.25) is 28.7 Å². The van der Waals surface area contributed by atoms with Crippen LogP contribution in [0.5, 0.6) is 0 Å². The summed E-state index contributed by atoms with van der Waals surface area (Å²) in [5.74, 6) is -2.76. The molecule has 188 valence electrons. The number of fused-ring (bicyclic) bond motifs is 1. The van der Waals surface area contributed by atoms with Gasteiger partial charge in [0.05, 0.1) is 31.7 Å². The molecule has 2 aromatic rings. The summed E-state index contributed by atoms with van der Waals surface area (Å²) in [6, 6.07) is 5.63. The Morgan fingerprint density at radius 2 is 2.17 bits per heavy atom. The third kappa shape index (κ3) is 5.32. The molecule has 3 heterocycles. The van der Waals surface area contributed by atoms with Gasteiger partial charge < -0.3 is 19.5 Å². The highest BCUT2D eigenvalue weighted by atomic mass is 31.2. The van der Waals surface area contributed by atoms with E-state index in [1.807, 2.05) is 0 Å². The molecule has 1 aromatic carbocycles. The van der Waals surface area contributed by atoms with Crippen molar-refractivity contribution in [3.8, 4) is 0 Å². The lowest BCUT2D eigenvalue weighted by Gasteiger charge is -2.25. The molecular formula is C20H22FN4O9P. The Morgan fingerprint density at radius 1 is 1.43 bits per heavy atom. The van der Waals surface area contributed by atoms with Gasteiger partial charge in [0.2, 0.25) is 5.82 Å². The van der Waals surface area contributed by atoms with E-state index in [0.29, 0.717) is 17.4 Å². The van der Waals surface area contributed by atoms with Crippen LogP contribution in [0.3, 0.4) is 0 Å². The number of benzene rings is 1. The number of aliphatic hydroxyl groups excluding tert-OH is 1. The highest BCUT2D eigenvalue weighted by molar-refractivity contribution is 7.50. The number of methoxy groups -OCH3 is 1. The average molecular weight is 512 g/mol. The zero-order valence-corrected chi connectivity index (χ0v) is 19.1. The lowest BCUT2D eigenvalue weighted by atomic mass is 9.94. The standard InChI is InChI=1S/C20H22FN4O9P/c1-32-19(28)17(11-7-22-13-5-3-2-4-10(11)13)24-35(30,31)33-9-15-14(26)6-16(34-15)25-8-12(21)18(27)23-20(25)29/h2-5,7-8,11,14-17,26H,6,9H2,1H3,(H,23,27,29)(H2,24,30,31)/t11?,14-,15+,16+,17-/m0/s1. The maximum atomic E-state index is 13.6. The van der Waals surface area contributed by atoms with E-state index < -0.39 is 67.8 Å². The molecule has 1 saturated heterocycles. The van der Waals surface area contributed by atoms with Gasteiger partial charge in [-0.2, -0.15) is 4.39 Å². The van der Waals surface area contributed by atoms with Crippen molar-refractivity contribution in [1.82, 2.24) is 14.6 Å². The number of aliphatic imine (C=N–C) groups is 1. The van der Waals surface area contributed by atoms with Crippen LogP contribution in [0.1, 0.15) is 24.1 Å². The molecule has 0 saturated carbocycles. The van der Waals surface area contributed by atoms with Crippen molar-refractivity contribution in [1.29, 1.82) is 0 Å². The van der Waals surface area contributed by atoms with Crippen molar-refractivity contribution >= 4 is 25.6 Å². The first-order valence-corrected chi connectivity index (χ1v) is 12.0. The number of aromatic amines is 1. The molecule has 1 fully saturated rings. The lowest BCUT2D eigenvalue weighted by molar-refractivity contribution is -0.142. The highest BCUT2D eigenvalue weighted by Gasteiger charge is 2.41. The van der Waals surface area contributed by atoms with Gasteiger partial charge in [0.1, 0.15) is 18.4 Å². The zero-order chi connectivity index (χ0) is 25.3. The molecule has 4 N–H and O–H groups in total. The normalized spacial score (nSPS) is 25.7. The number of H-pyrrole nitrogens is 1. The van der Waals surface area contributed by atoms with Crippen molar-refractivity contribution < 1.29 is 37.7 Å². The van der Waals surface area contributed by atoms with Crippen LogP contribution >= 0.6 is 7.75 Å². The quantitative estimate of drug-likeness (QED) is 0.279. The van der Waals surface area contributed by atoms with E-state index in [1.54, 1.807) is 29.2 Å². The number of hydrogen-bond acceptors (Lipinski definition) is 9. The molecule has 0 radical (unpaired) electrons. The van der Waals surface area contributed by atoms with E-state index in [-0.39, 0.29) is 6.42 Å². The summed E-state index contributed by atoms with van der Waals surface area (Å²) < 4.78 is 42.4. The van der Waals surface area contributed by atoms with E-state index >= 15 is 0 Å². The van der Waals surface area contributed by atoms with Gasteiger partial charge in [-0.1, -0.05) is 18.2 Å². The van der Waals surface area contributed by atoms with E-state index in [2.05, 4.69) is 10.1 Å². The molecule has 15 heteroatoms. The number of para-hydroxylation sites is 1. The lowest BCUT2D eigenvalue weighted by Crippen LogP contribution is -2.41. The zero-order valence-electron chi connectivity index (χ0n) is 18.2.